The van der Waals surface area contributed by atoms with Crippen LogP contribution in [0.25, 0.3) is 44.8 Å². The van der Waals surface area contributed by atoms with Gasteiger partial charge in [0.2, 0.25) is 0 Å². The van der Waals surface area contributed by atoms with Crippen LogP contribution < -0.4 is 0 Å². The van der Waals surface area contributed by atoms with E-state index >= 15 is 0 Å². The summed E-state index contributed by atoms with van der Waals surface area (Å²) in [6, 6.07) is 54.5. The molecule has 0 spiro atoms. The number of pyridine rings is 2. The van der Waals surface area contributed by atoms with E-state index in [2.05, 4.69) is 122 Å². The van der Waals surface area contributed by atoms with Gasteiger partial charge >= 0.3 is 0 Å². The minimum atomic E-state index is -0.292. The van der Waals surface area contributed by atoms with E-state index in [0.717, 1.165) is 46.5 Å². The predicted molar refractivity (Wildman–Crippen MR) is 200 cm³/mol. The molecule has 50 heavy (non-hydrogen) atoms. The average molecular weight is 831 g/mol. The molecule has 0 bridgehead atoms. The third-order valence-electron chi connectivity index (χ3n) is 8.12. The van der Waals surface area contributed by atoms with Gasteiger partial charge in [0.25, 0.3) is 0 Å². The molecule has 0 unspecified atom stereocenters. The molecule has 0 saturated carbocycles. The van der Waals surface area contributed by atoms with Gasteiger partial charge < -0.3 is 9.97 Å². The van der Waals surface area contributed by atoms with Crippen molar-refractivity contribution in [2.75, 3.05) is 0 Å². The average Bonchev–Trinajstić information content (AvgIpc) is 3.13. The van der Waals surface area contributed by atoms with Crippen LogP contribution >= 0.6 is 0 Å². The largest absolute Gasteiger partial charge is 0.305 e. The van der Waals surface area contributed by atoms with E-state index in [1.165, 1.54) is 39.9 Å². The van der Waals surface area contributed by atoms with E-state index in [-0.39, 0.29) is 31.3 Å². The summed E-state index contributed by atoms with van der Waals surface area (Å²) in [6.07, 6.45) is 5.65. The van der Waals surface area contributed by atoms with Crippen LogP contribution in [0.4, 0.5) is 4.39 Å². The zero-order valence-electron chi connectivity index (χ0n) is 28.5. The molecule has 5 aromatic carbocycles. The standard InChI is InChI=1S/C24H17FN.C22H22N.Ir/c25-22-13-11-20(12-14-22)24-16-21(15-18-7-3-1-4-8-18)23(17-26-24)19-9-5-2-6-10-19;1-22(2,3)16-17-13-14-23-21(15-17)20-11-9-19(10-12-20)18-7-5-4-6-8-18;/h1-11,13-14,16-17H,15H2;4-11,13-15H,16H2,1-3H3;/q2*-1;. The van der Waals surface area contributed by atoms with Crippen LogP contribution in [0.15, 0.2) is 158 Å². The van der Waals surface area contributed by atoms with Crippen molar-refractivity contribution in [3.05, 3.63) is 193 Å². The number of hydrogen-bond donors (Lipinski definition) is 0. The molecule has 7 rings (SSSR count). The van der Waals surface area contributed by atoms with Crippen LogP contribution in [0.3, 0.4) is 0 Å². The Morgan fingerprint density at radius 3 is 1.78 bits per heavy atom. The van der Waals surface area contributed by atoms with Crippen molar-refractivity contribution in [1.29, 1.82) is 0 Å². The molecule has 0 aliphatic carbocycles. The second-order valence-corrected chi connectivity index (χ2v) is 13.3. The van der Waals surface area contributed by atoms with E-state index < -0.39 is 0 Å². The maximum absolute atomic E-state index is 13.2. The Labute approximate surface area is 309 Å². The van der Waals surface area contributed by atoms with Gasteiger partial charge in [-0.2, -0.15) is 0 Å². The van der Waals surface area contributed by atoms with E-state index in [1.54, 1.807) is 6.07 Å². The fraction of sp³-hybridized carbons (Fsp3) is 0.130. The first-order valence-electron chi connectivity index (χ1n) is 16.6. The number of aromatic nitrogens is 2. The normalized spacial score (nSPS) is 10.8. The van der Waals surface area contributed by atoms with Gasteiger partial charge in [0.15, 0.2) is 0 Å². The summed E-state index contributed by atoms with van der Waals surface area (Å²) in [5.74, 6) is -0.292. The summed E-state index contributed by atoms with van der Waals surface area (Å²) in [4.78, 5) is 9.11. The molecule has 4 heteroatoms. The van der Waals surface area contributed by atoms with Gasteiger partial charge in [-0.25, -0.2) is 0 Å². The SMILES string of the molecule is CC(C)(C)Cc1ccnc(-c2[c-]cc(-c3ccccc3)cc2)c1.Fc1c[c-]c(-c2cc(Cc3ccccc3)c(-c3ccccc3)cn2)cc1.[Ir]. The Morgan fingerprint density at radius 2 is 1.18 bits per heavy atom. The van der Waals surface area contributed by atoms with Gasteiger partial charge in [-0.3, -0.25) is 4.39 Å². The second kappa shape index (κ2) is 17.1. The summed E-state index contributed by atoms with van der Waals surface area (Å²) in [5, 5.41) is 0. The minimum absolute atomic E-state index is 0. The maximum Gasteiger partial charge on any atom is 0.0379 e. The summed E-state index contributed by atoms with van der Waals surface area (Å²) in [6.45, 7) is 6.77. The number of benzene rings is 5. The Balaban J connectivity index is 0.000000192. The van der Waals surface area contributed by atoms with E-state index in [0.29, 0.717) is 0 Å². The van der Waals surface area contributed by atoms with Gasteiger partial charge in [-0.15, -0.1) is 59.7 Å². The fourth-order valence-electron chi connectivity index (χ4n) is 5.79. The van der Waals surface area contributed by atoms with Crippen molar-refractivity contribution in [1.82, 2.24) is 9.97 Å². The fourth-order valence-corrected chi connectivity index (χ4v) is 5.79. The summed E-state index contributed by atoms with van der Waals surface area (Å²) < 4.78 is 13.2. The third kappa shape index (κ3) is 10.0. The minimum Gasteiger partial charge on any atom is -0.305 e. The molecule has 7 aromatic rings. The molecule has 0 aliphatic heterocycles. The molecule has 0 amide bonds. The van der Waals surface area contributed by atoms with Gasteiger partial charge in [-0.1, -0.05) is 141 Å². The molecule has 0 atom stereocenters. The van der Waals surface area contributed by atoms with Crippen molar-refractivity contribution in [2.45, 2.75) is 33.6 Å². The molecule has 0 N–H and O–H groups in total. The maximum atomic E-state index is 13.2. The van der Waals surface area contributed by atoms with Crippen molar-refractivity contribution < 1.29 is 24.5 Å². The molecule has 2 nitrogen and oxygen atoms in total. The summed E-state index contributed by atoms with van der Waals surface area (Å²) in [7, 11) is 0. The van der Waals surface area contributed by atoms with Crippen LogP contribution in [0, 0.1) is 23.4 Å². The van der Waals surface area contributed by atoms with Crippen LogP contribution in [-0.2, 0) is 32.9 Å². The number of nitrogens with zero attached hydrogens (tertiary/aromatic N) is 2. The zero-order chi connectivity index (χ0) is 34.1. The van der Waals surface area contributed by atoms with Crippen molar-refractivity contribution in [2.24, 2.45) is 5.41 Å². The molecular formula is C46H39FIrN2-2. The smallest absolute Gasteiger partial charge is 0.0379 e. The number of hydrogen-bond acceptors (Lipinski definition) is 2. The van der Waals surface area contributed by atoms with Crippen LogP contribution in [0.5, 0.6) is 0 Å². The number of rotatable bonds is 7. The van der Waals surface area contributed by atoms with Gasteiger partial charge in [-0.05, 0) is 52.4 Å². The molecule has 251 valence electrons. The van der Waals surface area contributed by atoms with Gasteiger partial charge in [0.05, 0.1) is 0 Å². The molecule has 2 heterocycles. The first-order chi connectivity index (χ1) is 23.8. The van der Waals surface area contributed by atoms with Crippen LogP contribution in [0.1, 0.15) is 37.5 Å². The van der Waals surface area contributed by atoms with Gasteiger partial charge in [0, 0.05) is 43.9 Å². The molecule has 1 radical (unpaired) electrons. The van der Waals surface area contributed by atoms with E-state index in [1.807, 2.05) is 60.9 Å². The Morgan fingerprint density at radius 1 is 0.580 bits per heavy atom. The van der Waals surface area contributed by atoms with Crippen molar-refractivity contribution >= 4 is 0 Å². The zero-order valence-corrected chi connectivity index (χ0v) is 30.9. The first kappa shape index (κ1) is 36.3. The van der Waals surface area contributed by atoms with Crippen molar-refractivity contribution in [3.8, 4) is 44.8 Å². The summed E-state index contributed by atoms with van der Waals surface area (Å²) in [5.41, 5.74) is 12.3. The van der Waals surface area contributed by atoms with Crippen LogP contribution in [-0.4, -0.2) is 9.97 Å². The molecule has 0 fully saturated rings. The Bertz CT molecular complexity index is 2070. The van der Waals surface area contributed by atoms with E-state index in [4.69, 9.17) is 0 Å². The first-order valence-corrected chi connectivity index (χ1v) is 16.6. The topological polar surface area (TPSA) is 25.8 Å². The summed E-state index contributed by atoms with van der Waals surface area (Å²) >= 11 is 0. The molecule has 0 aliphatic rings. The van der Waals surface area contributed by atoms with Crippen molar-refractivity contribution in [3.63, 3.8) is 0 Å². The van der Waals surface area contributed by atoms with E-state index in [9.17, 15) is 4.39 Å². The Hall–Kier alpha value is -5.02. The van der Waals surface area contributed by atoms with Crippen LogP contribution in [0.2, 0.25) is 0 Å². The third-order valence-corrected chi connectivity index (χ3v) is 8.12. The Kier molecular flexibility index (Phi) is 12.4. The van der Waals surface area contributed by atoms with Gasteiger partial charge in [0.1, 0.15) is 0 Å². The monoisotopic (exact) mass is 831 g/mol. The molecular weight excluding hydrogens is 792 g/mol. The quantitative estimate of drug-likeness (QED) is 0.150. The molecule has 0 saturated heterocycles. The predicted octanol–water partition coefficient (Wildman–Crippen LogP) is 11.7. The molecule has 2 aromatic heterocycles. The number of halogens is 1. The second-order valence-electron chi connectivity index (χ2n) is 13.3.